The molecule has 23 heavy (non-hydrogen) atoms. The highest BCUT2D eigenvalue weighted by atomic mass is 16.6. The average Bonchev–Trinajstić information content (AvgIpc) is 2.37. The van der Waals surface area contributed by atoms with E-state index in [9.17, 15) is 4.79 Å². The summed E-state index contributed by atoms with van der Waals surface area (Å²) in [6.45, 7) is 10.8. The summed E-state index contributed by atoms with van der Waals surface area (Å²) >= 11 is 0. The Balaban J connectivity index is 0.000000688. The van der Waals surface area contributed by atoms with Crippen molar-refractivity contribution < 1.29 is 29.3 Å². The maximum absolute atomic E-state index is 11.5. The van der Waals surface area contributed by atoms with Crippen molar-refractivity contribution in [1.82, 2.24) is 10.6 Å². The van der Waals surface area contributed by atoms with Crippen LogP contribution in [-0.4, -0.2) is 53.5 Å². The highest BCUT2D eigenvalue weighted by Gasteiger charge is 2.26. The Morgan fingerprint density at radius 3 is 2.00 bits per heavy atom. The lowest BCUT2D eigenvalue weighted by Gasteiger charge is -2.34. The van der Waals surface area contributed by atoms with E-state index < -0.39 is 17.5 Å². The van der Waals surface area contributed by atoms with Crippen molar-refractivity contribution in [2.24, 2.45) is 5.41 Å². The van der Waals surface area contributed by atoms with E-state index in [-0.39, 0.29) is 6.09 Å². The van der Waals surface area contributed by atoms with Crippen molar-refractivity contribution >= 4 is 18.0 Å². The molecule has 0 aromatic rings. The smallest absolute Gasteiger partial charge is 0.414 e. The van der Waals surface area contributed by atoms with Crippen molar-refractivity contribution in [2.75, 3.05) is 19.6 Å². The molecule has 1 amide bonds. The van der Waals surface area contributed by atoms with Crippen LogP contribution in [0.1, 0.15) is 47.0 Å². The molecular weight excluding hydrogens is 304 g/mol. The molecular formula is C15H28N2O6. The van der Waals surface area contributed by atoms with E-state index in [0.29, 0.717) is 12.0 Å². The Bertz CT molecular complexity index is 399. The summed E-state index contributed by atoms with van der Waals surface area (Å²) in [6.07, 6.45) is 3.08. The van der Waals surface area contributed by atoms with Crippen LogP contribution in [0.5, 0.6) is 0 Å². The van der Waals surface area contributed by atoms with Gasteiger partial charge in [-0.15, -0.1) is 0 Å². The van der Waals surface area contributed by atoms with Gasteiger partial charge in [0.05, 0.1) is 0 Å². The maximum atomic E-state index is 11.5. The van der Waals surface area contributed by atoms with Crippen LogP contribution >= 0.6 is 0 Å². The predicted octanol–water partition coefficient (Wildman–Crippen LogP) is 1.45. The van der Waals surface area contributed by atoms with E-state index in [1.807, 2.05) is 20.8 Å². The number of piperidine rings is 1. The molecule has 1 aliphatic heterocycles. The fourth-order valence-corrected chi connectivity index (χ4v) is 2.06. The maximum Gasteiger partial charge on any atom is 0.414 e. The Morgan fingerprint density at radius 2 is 1.61 bits per heavy atom. The minimum Gasteiger partial charge on any atom is -0.473 e. The number of carbonyl (C=O) groups excluding carboxylic acids is 1. The third-order valence-corrected chi connectivity index (χ3v) is 3.39. The fourth-order valence-electron chi connectivity index (χ4n) is 2.06. The van der Waals surface area contributed by atoms with Gasteiger partial charge >= 0.3 is 18.0 Å². The molecule has 1 saturated heterocycles. The zero-order valence-electron chi connectivity index (χ0n) is 14.3. The first-order chi connectivity index (χ1) is 10.5. The van der Waals surface area contributed by atoms with E-state index >= 15 is 0 Å². The summed E-state index contributed by atoms with van der Waals surface area (Å²) in [7, 11) is 0. The molecule has 0 aromatic heterocycles. The number of ether oxygens (including phenoxy) is 1. The SMILES string of the molecule is CC1(CCNC(=O)OC(C)(C)C)CCNCC1.O=C(O)C(=O)O. The molecule has 0 radical (unpaired) electrons. The Kier molecular flexibility index (Phi) is 8.60. The van der Waals surface area contributed by atoms with E-state index in [1.165, 1.54) is 12.8 Å². The number of carboxylic acid groups (broad SMARTS) is 2. The highest BCUT2D eigenvalue weighted by molar-refractivity contribution is 6.27. The number of amides is 1. The molecule has 1 aliphatic rings. The van der Waals surface area contributed by atoms with Crippen molar-refractivity contribution in [3.63, 3.8) is 0 Å². The van der Waals surface area contributed by atoms with Crippen molar-refractivity contribution in [2.45, 2.75) is 52.6 Å². The molecule has 134 valence electrons. The van der Waals surface area contributed by atoms with Crippen LogP contribution in [0.15, 0.2) is 0 Å². The van der Waals surface area contributed by atoms with Crippen LogP contribution in [0.4, 0.5) is 4.79 Å². The van der Waals surface area contributed by atoms with Crippen LogP contribution in [-0.2, 0) is 14.3 Å². The van der Waals surface area contributed by atoms with Gasteiger partial charge in [0.25, 0.3) is 0 Å². The lowest BCUT2D eigenvalue weighted by molar-refractivity contribution is -0.159. The molecule has 1 rings (SSSR count). The highest BCUT2D eigenvalue weighted by Crippen LogP contribution is 2.31. The third-order valence-electron chi connectivity index (χ3n) is 3.39. The molecule has 0 spiro atoms. The van der Waals surface area contributed by atoms with Crippen LogP contribution in [0.25, 0.3) is 0 Å². The molecule has 0 saturated carbocycles. The molecule has 1 heterocycles. The second-order valence-electron chi connectivity index (χ2n) is 6.85. The minimum atomic E-state index is -1.82. The lowest BCUT2D eigenvalue weighted by atomic mass is 9.78. The van der Waals surface area contributed by atoms with Crippen molar-refractivity contribution in [3.05, 3.63) is 0 Å². The first-order valence-electron chi connectivity index (χ1n) is 7.59. The first kappa shape index (κ1) is 21.2. The lowest BCUT2D eigenvalue weighted by Crippen LogP contribution is -2.38. The van der Waals surface area contributed by atoms with Crippen LogP contribution in [0.2, 0.25) is 0 Å². The Hall–Kier alpha value is -1.83. The predicted molar refractivity (Wildman–Crippen MR) is 84.3 cm³/mol. The normalized spacial score (nSPS) is 16.5. The Labute approximate surface area is 136 Å². The van der Waals surface area contributed by atoms with Gasteiger partial charge < -0.3 is 25.6 Å². The van der Waals surface area contributed by atoms with Crippen LogP contribution in [0, 0.1) is 5.41 Å². The molecule has 0 bridgehead atoms. The van der Waals surface area contributed by atoms with Gasteiger partial charge in [-0.3, -0.25) is 0 Å². The molecule has 4 N–H and O–H groups in total. The number of hydrogen-bond donors (Lipinski definition) is 4. The summed E-state index contributed by atoms with van der Waals surface area (Å²) in [4.78, 5) is 29.7. The van der Waals surface area contributed by atoms with Crippen LogP contribution in [0.3, 0.4) is 0 Å². The molecule has 0 atom stereocenters. The summed E-state index contributed by atoms with van der Waals surface area (Å²) < 4.78 is 5.20. The van der Waals surface area contributed by atoms with Gasteiger partial charge in [-0.1, -0.05) is 6.92 Å². The number of carboxylic acids is 2. The molecule has 8 nitrogen and oxygen atoms in total. The third kappa shape index (κ3) is 11.4. The van der Waals surface area contributed by atoms with Gasteiger partial charge in [0.15, 0.2) is 0 Å². The standard InChI is InChI=1S/C13H26N2O2.C2H2O4/c1-12(2,3)17-11(16)15-10-7-13(4)5-8-14-9-6-13;3-1(4)2(5)6/h14H,5-10H2,1-4H3,(H,15,16);(H,3,4)(H,5,6). The van der Waals surface area contributed by atoms with E-state index in [1.54, 1.807) is 0 Å². The van der Waals surface area contributed by atoms with E-state index in [2.05, 4.69) is 17.6 Å². The van der Waals surface area contributed by atoms with Crippen molar-refractivity contribution in [1.29, 1.82) is 0 Å². The number of carbonyl (C=O) groups is 3. The van der Waals surface area contributed by atoms with Crippen molar-refractivity contribution in [3.8, 4) is 0 Å². The molecule has 0 aromatic carbocycles. The van der Waals surface area contributed by atoms with E-state index in [0.717, 1.165) is 19.5 Å². The number of nitrogens with one attached hydrogen (secondary N) is 2. The quantitative estimate of drug-likeness (QED) is 0.576. The van der Waals surface area contributed by atoms with Gasteiger partial charge in [-0.05, 0) is 58.5 Å². The Morgan fingerprint density at radius 1 is 1.13 bits per heavy atom. The van der Waals surface area contributed by atoms with Gasteiger partial charge in [-0.25, -0.2) is 14.4 Å². The van der Waals surface area contributed by atoms with Gasteiger partial charge in [0.1, 0.15) is 5.60 Å². The van der Waals surface area contributed by atoms with Gasteiger partial charge in [0, 0.05) is 6.54 Å². The average molecular weight is 332 g/mol. The zero-order chi connectivity index (χ0) is 18.1. The summed E-state index contributed by atoms with van der Waals surface area (Å²) in [5, 5.41) is 21.0. The number of aliphatic carboxylic acids is 2. The largest absolute Gasteiger partial charge is 0.473 e. The second kappa shape index (κ2) is 9.34. The summed E-state index contributed by atoms with van der Waals surface area (Å²) in [5.41, 5.74) is -0.0526. The molecule has 1 fully saturated rings. The zero-order valence-corrected chi connectivity index (χ0v) is 14.3. The minimum absolute atomic E-state index is 0.310. The monoisotopic (exact) mass is 332 g/mol. The molecule has 0 aliphatic carbocycles. The molecule has 0 unspecified atom stereocenters. The number of alkyl carbamates (subject to hydrolysis) is 1. The first-order valence-corrected chi connectivity index (χ1v) is 7.59. The van der Waals surface area contributed by atoms with E-state index in [4.69, 9.17) is 24.5 Å². The summed E-state index contributed by atoms with van der Waals surface area (Å²) in [6, 6.07) is 0. The number of rotatable bonds is 3. The van der Waals surface area contributed by atoms with Gasteiger partial charge in [0.2, 0.25) is 0 Å². The van der Waals surface area contributed by atoms with Gasteiger partial charge in [-0.2, -0.15) is 0 Å². The second-order valence-corrected chi connectivity index (χ2v) is 6.85. The molecule has 8 heteroatoms. The van der Waals surface area contributed by atoms with Crippen LogP contribution < -0.4 is 10.6 Å². The number of hydrogen-bond acceptors (Lipinski definition) is 5. The topological polar surface area (TPSA) is 125 Å². The fraction of sp³-hybridized carbons (Fsp3) is 0.800. The summed E-state index contributed by atoms with van der Waals surface area (Å²) in [5.74, 6) is -3.65.